The molecular formula is C22H25N3O2S2. The van der Waals surface area contributed by atoms with Crippen LogP contribution in [0.15, 0.2) is 47.4 Å². The van der Waals surface area contributed by atoms with E-state index in [9.17, 15) is 4.79 Å². The number of methoxy groups -OCH3 is 1. The highest BCUT2D eigenvalue weighted by atomic mass is 32.2. The maximum absolute atomic E-state index is 12.6. The van der Waals surface area contributed by atoms with Crippen molar-refractivity contribution in [1.29, 1.82) is 0 Å². The van der Waals surface area contributed by atoms with Crippen LogP contribution >= 0.6 is 23.1 Å². The van der Waals surface area contributed by atoms with Crippen LogP contribution in [0.25, 0.3) is 10.2 Å². The van der Waals surface area contributed by atoms with E-state index < -0.39 is 0 Å². The second-order valence-electron chi connectivity index (χ2n) is 6.95. The van der Waals surface area contributed by atoms with Gasteiger partial charge in [0.15, 0.2) is 5.13 Å². The normalized spacial score (nSPS) is 14.4. The Kier molecular flexibility index (Phi) is 6.25. The smallest absolute Gasteiger partial charge is 0.233 e. The predicted octanol–water partition coefficient (Wildman–Crippen LogP) is 4.31. The number of nitrogens with zero attached hydrogens (tertiary/aromatic N) is 3. The topological polar surface area (TPSA) is 45.7 Å². The lowest BCUT2D eigenvalue weighted by molar-refractivity contribution is -0.128. The molecule has 0 unspecified atom stereocenters. The fraction of sp³-hybridized carbons (Fsp3) is 0.364. The van der Waals surface area contributed by atoms with Gasteiger partial charge >= 0.3 is 0 Å². The number of ether oxygens (including phenoxy) is 1. The average molecular weight is 428 g/mol. The van der Waals surface area contributed by atoms with Crippen molar-refractivity contribution in [2.24, 2.45) is 0 Å². The van der Waals surface area contributed by atoms with E-state index in [0.29, 0.717) is 5.75 Å². The number of aryl methyl sites for hydroxylation is 1. The Labute approximate surface area is 179 Å². The Bertz CT molecular complexity index is 979. The molecule has 0 saturated carbocycles. The molecule has 7 heteroatoms. The third kappa shape index (κ3) is 4.51. The first-order valence-electron chi connectivity index (χ1n) is 9.86. The van der Waals surface area contributed by atoms with Gasteiger partial charge in [-0.05, 0) is 42.3 Å². The Hall–Kier alpha value is -2.25. The monoisotopic (exact) mass is 427 g/mol. The van der Waals surface area contributed by atoms with Gasteiger partial charge in [-0.15, -0.1) is 11.8 Å². The standard InChI is InChI=1S/C22H25N3O2S2/c1-3-16-5-4-6-19-21(16)23-22(29-19)25-13-11-24(12-14-25)20(26)15-28-18-9-7-17(27-2)8-10-18/h4-10H,3,11-15H2,1-2H3. The van der Waals surface area contributed by atoms with E-state index in [0.717, 1.165) is 53.9 Å². The molecule has 0 radical (unpaired) electrons. The lowest BCUT2D eigenvalue weighted by atomic mass is 10.1. The third-order valence-electron chi connectivity index (χ3n) is 5.20. The van der Waals surface area contributed by atoms with Crippen LogP contribution in [-0.2, 0) is 11.2 Å². The van der Waals surface area contributed by atoms with Crippen molar-refractivity contribution < 1.29 is 9.53 Å². The number of hydrogen-bond acceptors (Lipinski definition) is 6. The van der Waals surface area contributed by atoms with Gasteiger partial charge in [-0.1, -0.05) is 30.4 Å². The van der Waals surface area contributed by atoms with Gasteiger partial charge in [-0.3, -0.25) is 4.79 Å². The summed E-state index contributed by atoms with van der Waals surface area (Å²) < 4.78 is 6.42. The van der Waals surface area contributed by atoms with Crippen LogP contribution in [-0.4, -0.2) is 54.8 Å². The summed E-state index contributed by atoms with van der Waals surface area (Å²) in [5.41, 5.74) is 2.43. The Morgan fingerprint density at radius 1 is 1.14 bits per heavy atom. The Morgan fingerprint density at radius 2 is 1.90 bits per heavy atom. The minimum atomic E-state index is 0.197. The van der Waals surface area contributed by atoms with Crippen molar-refractivity contribution >= 4 is 44.4 Å². The highest BCUT2D eigenvalue weighted by molar-refractivity contribution is 8.00. The van der Waals surface area contributed by atoms with Gasteiger partial charge in [0.1, 0.15) is 5.75 Å². The van der Waals surface area contributed by atoms with Crippen LogP contribution in [0.3, 0.4) is 0 Å². The number of rotatable bonds is 6. The van der Waals surface area contributed by atoms with Crippen molar-refractivity contribution in [3.8, 4) is 5.75 Å². The average Bonchev–Trinajstić information content (AvgIpc) is 3.22. The molecule has 0 bridgehead atoms. The highest BCUT2D eigenvalue weighted by Gasteiger charge is 2.23. The molecule has 152 valence electrons. The number of amides is 1. The van der Waals surface area contributed by atoms with E-state index in [-0.39, 0.29) is 5.91 Å². The second-order valence-corrected chi connectivity index (χ2v) is 9.00. The SMILES string of the molecule is CCc1cccc2sc(N3CCN(C(=O)CSc4ccc(OC)cc4)CC3)nc12. The number of aromatic nitrogens is 1. The van der Waals surface area contributed by atoms with E-state index in [1.807, 2.05) is 29.2 Å². The summed E-state index contributed by atoms with van der Waals surface area (Å²) in [5, 5.41) is 1.07. The van der Waals surface area contributed by atoms with Crippen molar-refractivity contribution in [3.63, 3.8) is 0 Å². The molecule has 1 saturated heterocycles. The predicted molar refractivity (Wildman–Crippen MR) is 122 cm³/mol. The van der Waals surface area contributed by atoms with Crippen LogP contribution in [0.4, 0.5) is 5.13 Å². The lowest BCUT2D eigenvalue weighted by Crippen LogP contribution is -2.49. The summed E-state index contributed by atoms with van der Waals surface area (Å²) in [4.78, 5) is 22.9. The fourth-order valence-electron chi connectivity index (χ4n) is 3.47. The summed E-state index contributed by atoms with van der Waals surface area (Å²) in [7, 11) is 1.66. The van der Waals surface area contributed by atoms with Crippen molar-refractivity contribution in [2.75, 3.05) is 43.9 Å². The third-order valence-corrected chi connectivity index (χ3v) is 7.27. The van der Waals surface area contributed by atoms with Crippen LogP contribution in [0.5, 0.6) is 5.75 Å². The van der Waals surface area contributed by atoms with Gasteiger partial charge in [0, 0.05) is 31.1 Å². The van der Waals surface area contributed by atoms with Gasteiger partial charge < -0.3 is 14.5 Å². The van der Waals surface area contributed by atoms with Crippen LogP contribution in [0.1, 0.15) is 12.5 Å². The molecule has 5 nitrogen and oxygen atoms in total. The number of anilines is 1. The highest BCUT2D eigenvalue weighted by Crippen LogP contribution is 2.31. The fourth-order valence-corrected chi connectivity index (χ4v) is 5.34. The first-order valence-corrected chi connectivity index (χ1v) is 11.7. The molecule has 29 heavy (non-hydrogen) atoms. The number of thioether (sulfide) groups is 1. The van der Waals surface area contributed by atoms with Crippen LogP contribution in [0.2, 0.25) is 0 Å². The molecule has 4 rings (SSSR count). The quantitative estimate of drug-likeness (QED) is 0.549. The van der Waals surface area contributed by atoms with E-state index >= 15 is 0 Å². The molecule has 3 aromatic rings. The van der Waals surface area contributed by atoms with Gasteiger partial charge in [0.25, 0.3) is 0 Å². The molecule has 1 amide bonds. The summed E-state index contributed by atoms with van der Waals surface area (Å²) in [5.74, 6) is 1.49. The lowest BCUT2D eigenvalue weighted by Gasteiger charge is -2.34. The molecule has 0 atom stereocenters. The number of para-hydroxylation sites is 1. The van der Waals surface area contributed by atoms with Gasteiger partial charge in [-0.2, -0.15) is 0 Å². The van der Waals surface area contributed by atoms with Crippen molar-refractivity contribution in [2.45, 2.75) is 18.2 Å². The number of fused-ring (bicyclic) bond motifs is 1. The minimum Gasteiger partial charge on any atom is -0.497 e. The number of piperazine rings is 1. The molecule has 0 spiro atoms. The molecule has 1 fully saturated rings. The van der Waals surface area contributed by atoms with Gasteiger partial charge in [-0.25, -0.2) is 4.98 Å². The zero-order valence-electron chi connectivity index (χ0n) is 16.8. The summed E-state index contributed by atoms with van der Waals surface area (Å²) in [6.45, 7) is 5.33. The zero-order valence-corrected chi connectivity index (χ0v) is 18.4. The molecule has 0 aliphatic carbocycles. The number of thiazole rings is 1. The first-order chi connectivity index (χ1) is 14.2. The first kappa shape index (κ1) is 20.0. The summed E-state index contributed by atoms with van der Waals surface area (Å²) in [6.07, 6.45) is 0.995. The second kappa shape index (κ2) is 9.05. The van der Waals surface area contributed by atoms with E-state index in [1.165, 1.54) is 10.3 Å². The molecule has 2 aromatic carbocycles. The zero-order chi connectivity index (χ0) is 20.2. The summed E-state index contributed by atoms with van der Waals surface area (Å²) in [6, 6.07) is 14.2. The Morgan fingerprint density at radius 3 is 2.59 bits per heavy atom. The van der Waals surface area contributed by atoms with E-state index in [2.05, 4.69) is 30.0 Å². The van der Waals surface area contributed by atoms with Crippen LogP contribution in [0, 0.1) is 0 Å². The molecular weight excluding hydrogens is 402 g/mol. The van der Waals surface area contributed by atoms with E-state index in [1.54, 1.807) is 30.2 Å². The minimum absolute atomic E-state index is 0.197. The molecule has 2 heterocycles. The van der Waals surface area contributed by atoms with E-state index in [4.69, 9.17) is 9.72 Å². The number of carbonyl (C=O) groups is 1. The summed E-state index contributed by atoms with van der Waals surface area (Å²) >= 11 is 3.33. The largest absolute Gasteiger partial charge is 0.497 e. The maximum atomic E-state index is 12.6. The number of carbonyl (C=O) groups excluding carboxylic acids is 1. The number of hydrogen-bond donors (Lipinski definition) is 0. The van der Waals surface area contributed by atoms with Crippen LogP contribution < -0.4 is 9.64 Å². The number of benzene rings is 2. The van der Waals surface area contributed by atoms with Gasteiger partial charge in [0.2, 0.25) is 5.91 Å². The van der Waals surface area contributed by atoms with Gasteiger partial charge in [0.05, 0.1) is 23.1 Å². The molecule has 0 N–H and O–H groups in total. The molecule has 1 aliphatic heterocycles. The van der Waals surface area contributed by atoms with Crippen molar-refractivity contribution in [1.82, 2.24) is 9.88 Å². The van der Waals surface area contributed by atoms with Crippen molar-refractivity contribution in [3.05, 3.63) is 48.0 Å². The molecule has 1 aromatic heterocycles. The maximum Gasteiger partial charge on any atom is 0.233 e. The molecule has 1 aliphatic rings. The Balaban J connectivity index is 1.32.